The van der Waals surface area contributed by atoms with E-state index in [1.807, 2.05) is 6.92 Å². The van der Waals surface area contributed by atoms with Gasteiger partial charge < -0.3 is 27.5 Å². The van der Waals surface area contributed by atoms with Crippen LogP contribution < -0.4 is 0 Å². The van der Waals surface area contributed by atoms with Crippen molar-refractivity contribution in [2.75, 3.05) is 19.8 Å². The number of esters is 1. The van der Waals surface area contributed by atoms with E-state index in [9.17, 15) is 9.90 Å². The van der Waals surface area contributed by atoms with Crippen LogP contribution in [-0.2, 0) is 27.2 Å². The molecule has 0 aromatic rings. The number of carbonyl (C=O) groups excluding carboxylic acids is 1. The molecule has 0 aromatic carbocycles. The van der Waals surface area contributed by atoms with Crippen molar-refractivity contribution < 1.29 is 40.6 Å². The molecule has 0 saturated heterocycles. The summed E-state index contributed by atoms with van der Waals surface area (Å²) in [6.45, 7) is 54.3. The lowest BCUT2D eigenvalue weighted by atomic mass is 9.56. The van der Waals surface area contributed by atoms with Crippen molar-refractivity contribution in [3.8, 4) is 0 Å². The minimum atomic E-state index is -2.98. The molecule has 0 amide bonds. The minimum Gasteiger partial charge on any atom is -0.466 e. The molecule has 10 atom stereocenters. The summed E-state index contributed by atoms with van der Waals surface area (Å²) in [6.07, 6.45) is 17.7. The molecule has 7 nitrogen and oxygen atoms in total. The van der Waals surface area contributed by atoms with Crippen LogP contribution in [0.15, 0.2) is 0 Å². The lowest BCUT2D eigenvalue weighted by Crippen LogP contribution is -2.51. The first kappa shape index (κ1) is 59.8. The quantitative estimate of drug-likeness (QED) is 0.0806. The number of ether oxygens (including phenoxy) is 1. The summed E-state index contributed by atoms with van der Waals surface area (Å²) in [7, 11) is -7.53. The van der Waals surface area contributed by atoms with Gasteiger partial charge in [-0.15, -0.1) is 0 Å². The van der Waals surface area contributed by atoms with Gasteiger partial charge in [-0.05, 0) is 228 Å². The first-order valence-corrected chi connectivity index (χ1v) is 42.3. The molecule has 0 spiro atoms. The maximum Gasteiger partial charge on any atom is 0.305 e. The lowest BCUT2D eigenvalue weighted by Gasteiger charge is -2.53. The highest BCUT2D eigenvalue weighted by molar-refractivity contribution is 6.75. The fraction of sp³-hybridized carbons (Fsp3) is 0.984. The highest BCUT2D eigenvalue weighted by Crippen LogP contribution is 2.65. The van der Waals surface area contributed by atoms with E-state index in [2.05, 4.69) is 163 Å². The maximum absolute atomic E-state index is 12.2. The Labute approximate surface area is 480 Å². The Balaban J connectivity index is 0.000000428. The Kier molecular flexibility index (Phi) is 20.2. The SMILES string of the molecule is CCOC(=O)CCCC(C)(CCO[Si](C)(C)C(C)(C)C)[C@H]1CCC2[C@@H](O[Si](C)(C)C(C)(C)C)CCC[C@@]21C.[2H]C([2H])([2H])C(O)(CCCC(C)(CCO[Si](C)(C)C(C)(C)C)[C@H]1CCC2[C@@H](O[Si](C)(C)C(C)(C)C)CCC[C@@]21C)C([2H])([2H])[2H]. The zero-order valence-corrected chi connectivity index (χ0v) is 58.2. The maximum atomic E-state index is 12.2. The topological polar surface area (TPSA) is 83.5 Å². The second kappa shape index (κ2) is 25.3. The van der Waals surface area contributed by atoms with Crippen LogP contribution in [0.3, 0.4) is 0 Å². The molecular weight excluding hydrogens is 993 g/mol. The number of aliphatic hydroxyl groups is 1. The summed E-state index contributed by atoms with van der Waals surface area (Å²) in [5, 5.41) is 11.7. The Hall–Kier alpha value is 0.138. The largest absolute Gasteiger partial charge is 0.466 e. The van der Waals surface area contributed by atoms with E-state index in [-0.39, 0.29) is 54.9 Å². The smallest absolute Gasteiger partial charge is 0.305 e. The van der Waals surface area contributed by atoms with Crippen molar-refractivity contribution in [1.29, 1.82) is 0 Å². The van der Waals surface area contributed by atoms with E-state index in [0.717, 1.165) is 64.4 Å². The van der Waals surface area contributed by atoms with Crippen LogP contribution in [0.4, 0.5) is 0 Å². The third kappa shape index (κ3) is 17.6. The molecule has 0 aliphatic heterocycles. The van der Waals surface area contributed by atoms with Crippen molar-refractivity contribution in [1.82, 2.24) is 0 Å². The van der Waals surface area contributed by atoms with Crippen molar-refractivity contribution in [2.24, 2.45) is 45.3 Å². The van der Waals surface area contributed by atoms with Gasteiger partial charge in [-0.3, -0.25) is 4.79 Å². The van der Waals surface area contributed by atoms with Crippen LogP contribution in [0.2, 0.25) is 72.5 Å². The zero-order chi connectivity index (χ0) is 62.9. The number of fused-ring (bicyclic) bond motifs is 2. The average Bonchev–Trinajstić information content (AvgIpc) is 3.83. The Morgan fingerprint density at radius 2 is 0.893 bits per heavy atom. The van der Waals surface area contributed by atoms with E-state index < -0.39 is 52.6 Å². The van der Waals surface area contributed by atoms with Crippen LogP contribution in [-0.4, -0.2) is 82.0 Å². The van der Waals surface area contributed by atoms with Gasteiger partial charge >= 0.3 is 5.97 Å². The molecule has 75 heavy (non-hydrogen) atoms. The lowest BCUT2D eigenvalue weighted by molar-refractivity contribution is -0.143. The molecule has 1 N–H and O–H groups in total. The molecular formula is C64H130O7Si4. The zero-order valence-electron chi connectivity index (χ0n) is 60.2. The van der Waals surface area contributed by atoms with Gasteiger partial charge in [0.05, 0.1) is 12.2 Å². The summed E-state index contributed by atoms with van der Waals surface area (Å²) in [5.74, 6) is 2.08. The number of hydrogen-bond donors (Lipinski definition) is 1. The first-order chi connectivity index (χ1) is 36.2. The highest BCUT2D eigenvalue weighted by Gasteiger charge is 2.59. The van der Waals surface area contributed by atoms with E-state index in [0.29, 0.717) is 67.7 Å². The van der Waals surface area contributed by atoms with E-state index in [4.69, 9.17) is 30.7 Å². The fourth-order valence-electron chi connectivity index (χ4n) is 14.0. The first-order valence-electron chi connectivity index (χ1n) is 33.7. The van der Waals surface area contributed by atoms with Crippen LogP contribution in [0.1, 0.15) is 255 Å². The minimum absolute atomic E-state index is 0.0524. The summed E-state index contributed by atoms with van der Waals surface area (Å²) >= 11 is 0. The molecule has 0 radical (unpaired) electrons. The van der Waals surface area contributed by atoms with Gasteiger partial charge in [0.2, 0.25) is 0 Å². The molecule has 0 heterocycles. The van der Waals surface area contributed by atoms with E-state index in [1.54, 1.807) is 0 Å². The van der Waals surface area contributed by atoms with Crippen LogP contribution >= 0.6 is 0 Å². The summed E-state index contributed by atoms with van der Waals surface area (Å²) in [5.41, 5.74) is -2.37. The Morgan fingerprint density at radius 3 is 1.23 bits per heavy atom. The van der Waals surface area contributed by atoms with Crippen molar-refractivity contribution >= 4 is 39.2 Å². The van der Waals surface area contributed by atoms with Gasteiger partial charge in [-0.1, -0.05) is 130 Å². The molecule has 11 heteroatoms. The third-order valence-electron chi connectivity index (χ3n) is 22.9. The standard InChI is InChI=1S/C32H64O4Si2.C32H66O3Si2/c1-14-34-28(33)18-16-21-31(8,23-24-35-37(10,11)29(2,3)4)27-20-19-25-26(17-15-22-32(25,27)9)36-38(12,13)30(5,6)7;1-28(2,3)36(11,12)34-24-23-31(9,21-16-20-30(7,8)33)27-19-18-25-26(17-15-22-32(25,27)10)35-37(13,14)29(4,5)6/h25-27H,14-24H2,1-13H3;25-27,33H,15-24H2,1-14H3/t2*25?,26-,27+,31?,32-/m00/s1/i;7D3,8D3. The van der Waals surface area contributed by atoms with Crippen LogP contribution in [0.5, 0.6) is 0 Å². The van der Waals surface area contributed by atoms with Gasteiger partial charge in [-0.2, -0.15) is 0 Å². The Morgan fingerprint density at radius 1 is 0.533 bits per heavy atom. The predicted octanol–water partition coefficient (Wildman–Crippen LogP) is 19.7. The molecule has 0 bridgehead atoms. The average molecular weight is 1130 g/mol. The van der Waals surface area contributed by atoms with Crippen molar-refractivity contribution in [3.05, 3.63) is 0 Å². The van der Waals surface area contributed by atoms with Gasteiger partial charge in [0, 0.05) is 40.1 Å². The van der Waals surface area contributed by atoms with Gasteiger partial charge in [-0.25, -0.2) is 0 Å². The van der Waals surface area contributed by atoms with Crippen LogP contribution in [0.25, 0.3) is 0 Å². The third-order valence-corrected chi connectivity index (χ3v) is 41.0. The molecule has 4 unspecified atom stereocenters. The molecule has 4 fully saturated rings. The highest BCUT2D eigenvalue weighted by atomic mass is 28.4. The molecule has 4 rings (SSSR count). The number of rotatable bonds is 23. The van der Waals surface area contributed by atoms with Gasteiger partial charge in [0.1, 0.15) is 0 Å². The molecule has 4 aliphatic rings. The Bertz CT molecular complexity index is 1990. The normalized spacial score (nSPS) is 30.7. The molecule has 4 saturated carbocycles. The van der Waals surface area contributed by atoms with Gasteiger partial charge in [0.15, 0.2) is 33.3 Å². The van der Waals surface area contributed by atoms with Crippen molar-refractivity contribution in [3.63, 3.8) is 0 Å². The summed E-state index contributed by atoms with van der Waals surface area (Å²) in [6, 6.07) is 0. The summed E-state index contributed by atoms with van der Waals surface area (Å²) in [4.78, 5) is 12.2. The van der Waals surface area contributed by atoms with Gasteiger partial charge in [0.25, 0.3) is 0 Å². The molecule has 444 valence electrons. The second-order valence-corrected chi connectivity index (χ2v) is 51.6. The van der Waals surface area contributed by atoms with Crippen molar-refractivity contribution in [2.45, 2.75) is 337 Å². The van der Waals surface area contributed by atoms with E-state index >= 15 is 0 Å². The predicted molar refractivity (Wildman–Crippen MR) is 333 cm³/mol. The number of carbonyl (C=O) groups is 1. The fourth-order valence-corrected chi connectivity index (χ4v) is 18.9. The second-order valence-electron chi connectivity index (χ2n) is 32.5. The molecule has 4 aliphatic carbocycles. The van der Waals surface area contributed by atoms with E-state index in [1.165, 1.54) is 32.1 Å². The monoisotopic (exact) mass is 1130 g/mol. The summed E-state index contributed by atoms with van der Waals surface area (Å²) < 4.78 is 80.2. The van der Waals surface area contributed by atoms with Crippen LogP contribution in [0, 0.1) is 45.3 Å². The molecule has 0 aromatic heterocycles. The number of hydrogen-bond acceptors (Lipinski definition) is 7.